The molecule has 0 saturated heterocycles. The van der Waals surface area contributed by atoms with Gasteiger partial charge in [0.2, 0.25) is 0 Å². The number of halogens is 1. The Morgan fingerprint density at radius 2 is 1.85 bits per heavy atom. The van der Waals surface area contributed by atoms with Crippen LogP contribution in [0, 0.1) is 5.82 Å². The van der Waals surface area contributed by atoms with E-state index in [0.29, 0.717) is 17.1 Å². The van der Waals surface area contributed by atoms with E-state index in [1.54, 1.807) is 28.8 Å². The molecule has 0 aliphatic heterocycles. The van der Waals surface area contributed by atoms with Gasteiger partial charge in [-0.3, -0.25) is 4.57 Å². The smallest absolute Gasteiger partial charge is 0.170 e. The summed E-state index contributed by atoms with van der Waals surface area (Å²) >= 11 is 0. The third-order valence-electron chi connectivity index (χ3n) is 3.02. The first-order valence-electron chi connectivity index (χ1n) is 6.14. The van der Waals surface area contributed by atoms with Gasteiger partial charge in [0.15, 0.2) is 5.82 Å². The van der Waals surface area contributed by atoms with Crippen molar-refractivity contribution >= 4 is 0 Å². The predicted molar refractivity (Wildman–Crippen MR) is 71.8 cm³/mol. The molecule has 1 atom stereocenters. The van der Waals surface area contributed by atoms with Crippen LogP contribution < -0.4 is 0 Å². The van der Waals surface area contributed by atoms with Crippen LogP contribution in [0.3, 0.4) is 0 Å². The Bertz CT molecular complexity index is 712. The van der Waals surface area contributed by atoms with E-state index < -0.39 is 6.10 Å². The van der Waals surface area contributed by atoms with Crippen LogP contribution in [0.5, 0.6) is 0 Å². The molecule has 2 aromatic carbocycles. The molecule has 0 saturated carbocycles. The second kappa shape index (κ2) is 5.22. The third kappa shape index (κ3) is 2.31. The normalized spacial score (nSPS) is 12.3. The number of rotatable bonds is 3. The van der Waals surface area contributed by atoms with E-state index in [4.69, 9.17) is 0 Å². The van der Waals surface area contributed by atoms with E-state index in [1.165, 1.54) is 18.5 Å². The summed E-state index contributed by atoms with van der Waals surface area (Å²) in [5.41, 5.74) is 1.28. The van der Waals surface area contributed by atoms with Crippen LogP contribution in [-0.4, -0.2) is 19.9 Å². The Labute approximate surface area is 115 Å². The summed E-state index contributed by atoms with van der Waals surface area (Å²) < 4.78 is 14.9. The second-order valence-corrected chi connectivity index (χ2v) is 4.35. The lowest BCUT2D eigenvalue weighted by Crippen LogP contribution is -2.08. The Balaban J connectivity index is 2.03. The first-order chi connectivity index (χ1) is 9.75. The van der Waals surface area contributed by atoms with Gasteiger partial charge in [-0.05, 0) is 23.8 Å². The van der Waals surface area contributed by atoms with Crippen LogP contribution in [-0.2, 0) is 0 Å². The molecule has 3 rings (SSSR count). The van der Waals surface area contributed by atoms with Crippen molar-refractivity contribution in [2.24, 2.45) is 0 Å². The molecule has 0 bridgehead atoms. The molecule has 100 valence electrons. The van der Waals surface area contributed by atoms with E-state index in [-0.39, 0.29) is 5.82 Å². The molecule has 1 heterocycles. The van der Waals surface area contributed by atoms with E-state index in [1.807, 2.05) is 18.2 Å². The molecule has 1 N–H and O–H groups in total. The molecule has 0 radical (unpaired) electrons. The van der Waals surface area contributed by atoms with E-state index in [9.17, 15) is 9.50 Å². The van der Waals surface area contributed by atoms with Crippen molar-refractivity contribution in [3.63, 3.8) is 0 Å². The first kappa shape index (κ1) is 12.5. The van der Waals surface area contributed by atoms with Gasteiger partial charge in [-0.25, -0.2) is 4.39 Å². The molecule has 5 heteroatoms. The molecular weight excluding hydrogens is 257 g/mol. The van der Waals surface area contributed by atoms with Crippen molar-refractivity contribution in [2.45, 2.75) is 6.10 Å². The van der Waals surface area contributed by atoms with Crippen LogP contribution in [0.2, 0.25) is 0 Å². The number of hydrogen-bond acceptors (Lipinski definition) is 3. The first-order valence-corrected chi connectivity index (χ1v) is 6.14. The van der Waals surface area contributed by atoms with Crippen molar-refractivity contribution in [1.82, 2.24) is 14.8 Å². The predicted octanol–water partition coefficient (Wildman–Crippen LogP) is 2.49. The number of aliphatic hydroxyl groups excluding tert-OH is 1. The summed E-state index contributed by atoms with van der Waals surface area (Å²) in [7, 11) is 0. The van der Waals surface area contributed by atoms with E-state index in [0.717, 1.165) is 0 Å². The fourth-order valence-electron chi connectivity index (χ4n) is 2.04. The van der Waals surface area contributed by atoms with Gasteiger partial charge in [-0.15, -0.1) is 10.2 Å². The van der Waals surface area contributed by atoms with Crippen molar-refractivity contribution in [1.29, 1.82) is 0 Å². The van der Waals surface area contributed by atoms with Gasteiger partial charge in [-0.1, -0.05) is 36.4 Å². The van der Waals surface area contributed by atoms with E-state index >= 15 is 0 Å². The Morgan fingerprint density at radius 3 is 2.60 bits per heavy atom. The number of hydrogen-bond donors (Lipinski definition) is 1. The van der Waals surface area contributed by atoms with Crippen LogP contribution in [0.25, 0.3) is 5.69 Å². The van der Waals surface area contributed by atoms with E-state index in [2.05, 4.69) is 10.2 Å². The number of aliphatic hydroxyl groups is 1. The van der Waals surface area contributed by atoms with Crippen molar-refractivity contribution in [2.75, 3.05) is 0 Å². The minimum atomic E-state index is -0.915. The Hall–Kier alpha value is -2.53. The minimum absolute atomic E-state index is 0.349. The molecule has 4 nitrogen and oxygen atoms in total. The third-order valence-corrected chi connectivity index (χ3v) is 3.02. The van der Waals surface area contributed by atoms with Crippen molar-refractivity contribution < 1.29 is 9.50 Å². The SMILES string of the molecule is O[C@H](c1ccccc1)c1nncn1-c1cccc(F)c1. The maximum Gasteiger partial charge on any atom is 0.170 e. The highest BCUT2D eigenvalue weighted by Crippen LogP contribution is 2.22. The molecule has 3 aromatic rings. The van der Waals surface area contributed by atoms with Gasteiger partial charge in [0, 0.05) is 0 Å². The van der Waals surface area contributed by atoms with Crippen molar-refractivity contribution in [3.8, 4) is 5.69 Å². The number of nitrogens with zero attached hydrogens (tertiary/aromatic N) is 3. The topological polar surface area (TPSA) is 50.9 Å². The lowest BCUT2D eigenvalue weighted by Gasteiger charge is -2.12. The number of aromatic nitrogens is 3. The van der Waals surface area contributed by atoms with Crippen LogP contribution in [0.4, 0.5) is 4.39 Å². The molecule has 1 aromatic heterocycles. The summed E-state index contributed by atoms with van der Waals surface area (Å²) in [6.45, 7) is 0. The summed E-state index contributed by atoms with van der Waals surface area (Å²) in [5, 5.41) is 18.1. The van der Waals surface area contributed by atoms with Gasteiger partial charge in [-0.2, -0.15) is 0 Å². The molecule has 0 unspecified atom stereocenters. The zero-order valence-electron chi connectivity index (χ0n) is 10.5. The molecule has 20 heavy (non-hydrogen) atoms. The summed E-state index contributed by atoms with van der Waals surface area (Å²) in [6.07, 6.45) is 0.540. The summed E-state index contributed by atoms with van der Waals surface area (Å²) in [5.74, 6) is -0.00171. The van der Waals surface area contributed by atoms with Crippen LogP contribution in [0.1, 0.15) is 17.5 Å². The molecule has 0 amide bonds. The highest BCUT2D eigenvalue weighted by atomic mass is 19.1. The zero-order valence-corrected chi connectivity index (χ0v) is 10.5. The largest absolute Gasteiger partial charge is 0.380 e. The summed E-state index contributed by atoms with van der Waals surface area (Å²) in [4.78, 5) is 0. The maximum atomic E-state index is 13.3. The Kier molecular flexibility index (Phi) is 3.26. The fraction of sp³-hybridized carbons (Fsp3) is 0.0667. The molecule has 0 spiro atoms. The maximum absolute atomic E-state index is 13.3. The zero-order chi connectivity index (χ0) is 13.9. The average Bonchev–Trinajstić information content (AvgIpc) is 2.97. The minimum Gasteiger partial charge on any atom is -0.380 e. The standard InChI is InChI=1S/C15H12FN3O/c16-12-7-4-8-13(9-12)19-10-17-18-15(19)14(20)11-5-2-1-3-6-11/h1-10,14,20H/t14-/m1/s1. The second-order valence-electron chi connectivity index (χ2n) is 4.35. The summed E-state index contributed by atoms with van der Waals surface area (Å²) in [6, 6.07) is 15.2. The Morgan fingerprint density at radius 1 is 1.05 bits per heavy atom. The highest BCUT2D eigenvalue weighted by Gasteiger charge is 2.17. The monoisotopic (exact) mass is 269 g/mol. The molecule has 0 fully saturated rings. The van der Waals surface area contributed by atoms with Gasteiger partial charge >= 0.3 is 0 Å². The molecule has 0 aliphatic carbocycles. The van der Waals surface area contributed by atoms with Gasteiger partial charge in [0.05, 0.1) is 5.69 Å². The van der Waals surface area contributed by atoms with Gasteiger partial charge in [0.1, 0.15) is 18.2 Å². The highest BCUT2D eigenvalue weighted by molar-refractivity contribution is 5.34. The van der Waals surface area contributed by atoms with Crippen molar-refractivity contribution in [3.05, 3.63) is 78.1 Å². The quantitative estimate of drug-likeness (QED) is 0.794. The lowest BCUT2D eigenvalue weighted by molar-refractivity contribution is 0.207. The molecular formula is C15H12FN3O. The van der Waals surface area contributed by atoms with Crippen LogP contribution in [0.15, 0.2) is 60.9 Å². The fourth-order valence-corrected chi connectivity index (χ4v) is 2.04. The van der Waals surface area contributed by atoms with Gasteiger partial charge < -0.3 is 5.11 Å². The van der Waals surface area contributed by atoms with Gasteiger partial charge in [0.25, 0.3) is 0 Å². The lowest BCUT2D eigenvalue weighted by atomic mass is 10.1. The van der Waals surface area contributed by atoms with Crippen LogP contribution >= 0.6 is 0 Å². The average molecular weight is 269 g/mol. The molecule has 0 aliphatic rings. The number of benzene rings is 2.